The van der Waals surface area contributed by atoms with Crippen LogP contribution in [0.1, 0.15) is 46.2 Å². The Bertz CT molecular complexity index is 2450. The van der Waals surface area contributed by atoms with Crippen molar-refractivity contribution in [2.45, 2.75) is 51.8 Å². The van der Waals surface area contributed by atoms with Gasteiger partial charge in [0.15, 0.2) is 0 Å². The maximum atomic E-state index is 12.8. The van der Waals surface area contributed by atoms with Crippen molar-refractivity contribution in [3.63, 3.8) is 0 Å². The highest BCUT2D eigenvalue weighted by Gasteiger charge is 2.30. The molecule has 0 atom stereocenters. The number of alkyl halides is 6. The number of nitrogens with zero attached hydrogens (tertiary/aromatic N) is 5. The molecule has 58 heavy (non-hydrogen) atoms. The van der Waals surface area contributed by atoms with Gasteiger partial charge in [-0.2, -0.15) is 36.3 Å². The smallest absolute Gasteiger partial charge is 0.365 e. The van der Waals surface area contributed by atoms with Crippen LogP contribution in [0.4, 0.5) is 49.9 Å². The molecule has 0 spiro atoms. The molecule has 0 amide bonds. The van der Waals surface area contributed by atoms with Gasteiger partial charge in [0, 0.05) is 43.5 Å². The third kappa shape index (κ3) is 10.1. The largest absolute Gasteiger partial charge is 0.416 e. The molecule has 0 aliphatic carbocycles. The predicted octanol–water partition coefficient (Wildman–Crippen LogP) is 11.0. The molecular weight excluding hydrogens is 755 g/mol. The van der Waals surface area contributed by atoms with Gasteiger partial charge in [-0.05, 0) is 85.0 Å². The van der Waals surface area contributed by atoms with E-state index in [0.717, 1.165) is 88.7 Å². The van der Waals surface area contributed by atoms with Crippen molar-refractivity contribution in [3.8, 4) is 0 Å². The zero-order valence-corrected chi connectivity index (χ0v) is 31.5. The van der Waals surface area contributed by atoms with Crippen LogP contribution in [0.15, 0.2) is 121 Å². The fraction of sp³-hybridized carbons (Fsp3) is 0.227. The van der Waals surface area contributed by atoms with Gasteiger partial charge < -0.3 is 20.9 Å². The van der Waals surface area contributed by atoms with Gasteiger partial charge in [-0.15, -0.1) is 0 Å². The molecule has 1 fully saturated rings. The van der Waals surface area contributed by atoms with E-state index in [0.29, 0.717) is 43.2 Å². The molecular formula is C44H40F6N8. The Balaban J connectivity index is 0.000000178. The van der Waals surface area contributed by atoms with E-state index in [1.165, 1.54) is 29.8 Å². The molecule has 298 valence electrons. The molecule has 0 radical (unpaired) electrons. The Kier molecular flexibility index (Phi) is 11.9. The van der Waals surface area contributed by atoms with E-state index in [1.54, 1.807) is 0 Å². The fourth-order valence-corrected chi connectivity index (χ4v) is 6.43. The minimum Gasteiger partial charge on any atom is -0.365 e. The molecule has 3 N–H and O–H groups in total. The van der Waals surface area contributed by atoms with Gasteiger partial charge in [0.05, 0.1) is 22.2 Å². The standard InChI is InChI=1S/C24H21F3N4.C20H19F3N4/c1-16-6-8-17(9-7-16)15-29-23-30-21-5-3-2-4-20(21)22(31-23)28-14-18-10-12-19(13-11-18)24(25,26)27;21-20(22,23)15-9-7-14(8-10-15)13-24-18-16-5-1-2-6-17(16)25-19(26-18)27-11-3-4-12-27/h2-13H,14-15H2,1H3,(H2,28,29,30,31);1-2,5-10H,3-4,11-13H2,(H,24,25,26). The van der Waals surface area contributed by atoms with E-state index in [9.17, 15) is 26.3 Å². The third-order valence-corrected chi connectivity index (χ3v) is 9.64. The van der Waals surface area contributed by atoms with Gasteiger partial charge in [-0.3, -0.25) is 0 Å². The summed E-state index contributed by atoms with van der Waals surface area (Å²) >= 11 is 0. The normalized spacial score (nSPS) is 13.0. The first-order valence-corrected chi connectivity index (χ1v) is 18.8. The fourth-order valence-electron chi connectivity index (χ4n) is 6.43. The molecule has 8 nitrogen and oxygen atoms in total. The maximum Gasteiger partial charge on any atom is 0.416 e. The first-order valence-electron chi connectivity index (χ1n) is 18.8. The zero-order chi connectivity index (χ0) is 40.7. The highest BCUT2D eigenvalue weighted by atomic mass is 19.4. The lowest BCUT2D eigenvalue weighted by Gasteiger charge is -2.18. The molecule has 0 unspecified atom stereocenters. The average molecular weight is 795 g/mol. The van der Waals surface area contributed by atoms with Crippen LogP contribution in [0.25, 0.3) is 21.8 Å². The van der Waals surface area contributed by atoms with E-state index in [1.807, 2.05) is 67.6 Å². The molecule has 1 aliphatic rings. The van der Waals surface area contributed by atoms with Crippen LogP contribution in [0, 0.1) is 6.92 Å². The Labute approximate surface area is 331 Å². The number of fused-ring (bicyclic) bond motifs is 2. The van der Waals surface area contributed by atoms with E-state index in [2.05, 4.69) is 52.9 Å². The number of aryl methyl sites for hydroxylation is 1. The number of anilines is 4. The van der Waals surface area contributed by atoms with Crippen molar-refractivity contribution in [3.05, 3.63) is 155 Å². The van der Waals surface area contributed by atoms with Crippen molar-refractivity contribution in [1.29, 1.82) is 0 Å². The van der Waals surface area contributed by atoms with Crippen molar-refractivity contribution < 1.29 is 26.3 Å². The summed E-state index contributed by atoms with van der Waals surface area (Å²) in [6.07, 6.45) is -6.40. The van der Waals surface area contributed by atoms with E-state index >= 15 is 0 Å². The molecule has 5 aromatic carbocycles. The molecule has 1 saturated heterocycles. The highest BCUT2D eigenvalue weighted by Crippen LogP contribution is 2.31. The third-order valence-electron chi connectivity index (χ3n) is 9.64. The molecule has 7 aromatic rings. The molecule has 3 heterocycles. The summed E-state index contributed by atoms with van der Waals surface area (Å²) < 4.78 is 76.4. The number of benzene rings is 5. The molecule has 0 saturated carbocycles. The second-order valence-electron chi connectivity index (χ2n) is 13.9. The van der Waals surface area contributed by atoms with Gasteiger partial charge in [0.2, 0.25) is 11.9 Å². The van der Waals surface area contributed by atoms with E-state index < -0.39 is 23.5 Å². The summed E-state index contributed by atoms with van der Waals surface area (Å²) in [6.45, 7) is 5.23. The molecule has 2 aromatic heterocycles. The van der Waals surface area contributed by atoms with Crippen molar-refractivity contribution in [2.24, 2.45) is 0 Å². The van der Waals surface area contributed by atoms with Gasteiger partial charge in [-0.1, -0.05) is 78.4 Å². The predicted molar refractivity (Wildman–Crippen MR) is 217 cm³/mol. The minimum atomic E-state index is -4.34. The summed E-state index contributed by atoms with van der Waals surface area (Å²) in [5, 5.41) is 11.5. The molecule has 8 rings (SSSR count). The lowest BCUT2D eigenvalue weighted by molar-refractivity contribution is -0.138. The summed E-state index contributed by atoms with van der Waals surface area (Å²) in [5.74, 6) is 2.50. The monoisotopic (exact) mass is 794 g/mol. The van der Waals surface area contributed by atoms with Crippen molar-refractivity contribution in [2.75, 3.05) is 33.9 Å². The summed E-state index contributed by atoms with van der Waals surface area (Å²) in [4.78, 5) is 20.7. The summed E-state index contributed by atoms with van der Waals surface area (Å²) in [6, 6.07) is 33.8. The SMILES string of the molecule is Cc1ccc(CNc2nc(NCc3ccc(C(F)(F)F)cc3)c3ccccc3n2)cc1.FC(F)(F)c1ccc(CNc2nc(N3CCCC3)nc3ccccc23)cc1. The van der Waals surface area contributed by atoms with Gasteiger partial charge in [0.1, 0.15) is 11.6 Å². The molecule has 14 heteroatoms. The second kappa shape index (κ2) is 17.4. The summed E-state index contributed by atoms with van der Waals surface area (Å²) in [7, 11) is 0. The first-order chi connectivity index (χ1) is 27.9. The topological polar surface area (TPSA) is 90.9 Å². The number of hydrogen-bond donors (Lipinski definition) is 3. The Morgan fingerprint density at radius 1 is 0.500 bits per heavy atom. The van der Waals surface area contributed by atoms with Gasteiger partial charge >= 0.3 is 12.4 Å². The average Bonchev–Trinajstić information content (AvgIpc) is 3.77. The van der Waals surface area contributed by atoms with Crippen LogP contribution in [0.5, 0.6) is 0 Å². The number of rotatable bonds is 10. The maximum absolute atomic E-state index is 12.8. The molecule has 1 aliphatic heterocycles. The van der Waals surface area contributed by atoms with Gasteiger partial charge in [-0.25, -0.2) is 9.97 Å². The van der Waals surface area contributed by atoms with Crippen LogP contribution in [0.3, 0.4) is 0 Å². The summed E-state index contributed by atoms with van der Waals surface area (Å²) in [5.41, 5.74) is 4.12. The van der Waals surface area contributed by atoms with Gasteiger partial charge in [0.25, 0.3) is 0 Å². The Morgan fingerprint density at radius 2 is 0.931 bits per heavy atom. The van der Waals surface area contributed by atoms with Crippen molar-refractivity contribution >= 4 is 45.3 Å². The number of para-hydroxylation sites is 2. The Hall–Kier alpha value is -6.44. The minimum absolute atomic E-state index is 0.344. The van der Waals surface area contributed by atoms with E-state index in [4.69, 9.17) is 0 Å². The second-order valence-corrected chi connectivity index (χ2v) is 13.9. The van der Waals surface area contributed by atoms with Crippen molar-refractivity contribution in [1.82, 2.24) is 19.9 Å². The lowest BCUT2D eigenvalue weighted by Crippen LogP contribution is -2.21. The quantitative estimate of drug-likeness (QED) is 0.118. The van der Waals surface area contributed by atoms with Crippen LogP contribution in [-0.2, 0) is 32.0 Å². The highest BCUT2D eigenvalue weighted by molar-refractivity contribution is 5.91. The zero-order valence-electron chi connectivity index (χ0n) is 31.5. The van der Waals surface area contributed by atoms with Crippen LogP contribution >= 0.6 is 0 Å². The van der Waals surface area contributed by atoms with Crippen LogP contribution < -0.4 is 20.9 Å². The Morgan fingerprint density at radius 3 is 1.43 bits per heavy atom. The number of hydrogen-bond acceptors (Lipinski definition) is 8. The van der Waals surface area contributed by atoms with E-state index in [-0.39, 0.29) is 0 Å². The molecule has 0 bridgehead atoms. The number of halogens is 6. The number of nitrogens with one attached hydrogen (secondary N) is 3. The first kappa shape index (κ1) is 39.8. The van der Waals surface area contributed by atoms with Crippen LogP contribution in [0.2, 0.25) is 0 Å². The van der Waals surface area contributed by atoms with Crippen LogP contribution in [-0.4, -0.2) is 33.0 Å². The number of aromatic nitrogens is 4. The lowest BCUT2D eigenvalue weighted by atomic mass is 10.1.